The van der Waals surface area contributed by atoms with Crippen molar-refractivity contribution >= 4 is 17.1 Å². The number of rotatable bonds is 2. The fraction of sp³-hybridized carbons (Fsp3) is 0.125. The number of hydrogen-bond acceptors (Lipinski definition) is 5. The Hall–Kier alpha value is -1.75. The van der Waals surface area contributed by atoms with Gasteiger partial charge >= 0.3 is 6.01 Å². The second-order valence-corrected chi connectivity index (χ2v) is 2.50. The van der Waals surface area contributed by atoms with Crippen LogP contribution < -0.4 is 16.0 Å². The Morgan fingerprint density at radius 2 is 2.38 bits per heavy atom. The summed E-state index contributed by atoms with van der Waals surface area (Å²) < 4.78 is 10.3. The number of methoxy groups -OCH3 is 1. The van der Waals surface area contributed by atoms with E-state index < -0.39 is 0 Å². The highest BCUT2D eigenvalue weighted by Gasteiger charge is 2.04. The summed E-state index contributed by atoms with van der Waals surface area (Å²) in [5.74, 6) is 5.88. The fourth-order valence-corrected chi connectivity index (χ4v) is 1.09. The van der Waals surface area contributed by atoms with E-state index in [1.54, 1.807) is 19.2 Å². The lowest BCUT2D eigenvalue weighted by atomic mass is 10.3. The molecule has 1 aromatic heterocycles. The predicted molar refractivity (Wildman–Crippen MR) is 48.4 cm³/mol. The quantitative estimate of drug-likeness (QED) is 0.533. The molecule has 0 unspecified atom stereocenters. The molecule has 5 heteroatoms. The lowest BCUT2D eigenvalue weighted by Crippen LogP contribution is -2.06. The van der Waals surface area contributed by atoms with Crippen LogP contribution in [0.25, 0.3) is 11.1 Å². The maximum absolute atomic E-state index is 5.23. The van der Waals surface area contributed by atoms with E-state index in [1.807, 2.05) is 6.07 Å². The van der Waals surface area contributed by atoms with Crippen molar-refractivity contribution in [3.05, 3.63) is 18.2 Å². The van der Waals surface area contributed by atoms with Crippen LogP contribution in [0.1, 0.15) is 0 Å². The number of aromatic nitrogens is 1. The molecular weight excluding hydrogens is 170 g/mol. The van der Waals surface area contributed by atoms with Gasteiger partial charge in [0.2, 0.25) is 0 Å². The summed E-state index contributed by atoms with van der Waals surface area (Å²) in [6.45, 7) is 0. The molecule has 2 rings (SSSR count). The molecule has 0 saturated carbocycles. The third-order valence-corrected chi connectivity index (χ3v) is 1.72. The van der Waals surface area contributed by atoms with Crippen molar-refractivity contribution < 1.29 is 9.15 Å². The first-order valence-corrected chi connectivity index (χ1v) is 3.74. The Morgan fingerprint density at radius 3 is 3.08 bits per heavy atom. The molecule has 0 atom stereocenters. The van der Waals surface area contributed by atoms with Crippen LogP contribution in [0.3, 0.4) is 0 Å². The highest BCUT2D eigenvalue weighted by Crippen LogP contribution is 2.22. The van der Waals surface area contributed by atoms with Gasteiger partial charge in [-0.25, -0.2) is 5.84 Å². The highest BCUT2D eigenvalue weighted by molar-refractivity contribution is 5.76. The van der Waals surface area contributed by atoms with Crippen molar-refractivity contribution in [2.24, 2.45) is 5.84 Å². The van der Waals surface area contributed by atoms with Gasteiger partial charge in [0.15, 0.2) is 5.58 Å². The van der Waals surface area contributed by atoms with E-state index in [4.69, 9.17) is 15.0 Å². The number of oxazole rings is 1. The Bertz CT molecular complexity index is 422. The number of ether oxygens (including phenoxy) is 1. The van der Waals surface area contributed by atoms with E-state index in [0.29, 0.717) is 11.6 Å². The number of benzene rings is 1. The van der Waals surface area contributed by atoms with Crippen LogP contribution in [0, 0.1) is 0 Å². The van der Waals surface area contributed by atoms with Crippen molar-refractivity contribution in [1.29, 1.82) is 0 Å². The van der Waals surface area contributed by atoms with Gasteiger partial charge in [-0.3, -0.25) is 5.43 Å². The van der Waals surface area contributed by atoms with Crippen LogP contribution in [0.2, 0.25) is 0 Å². The summed E-state index contributed by atoms with van der Waals surface area (Å²) in [5, 5.41) is 0. The number of anilines is 1. The molecule has 2 aromatic rings. The highest BCUT2D eigenvalue weighted by atomic mass is 16.5. The van der Waals surface area contributed by atoms with E-state index in [1.165, 1.54) is 0 Å². The first-order valence-electron chi connectivity index (χ1n) is 3.74. The Morgan fingerprint density at radius 1 is 1.54 bits per heavy atom. The molecule has 13 heavy (non-hydrogen) atoms. The third-order valence-electron chi connectivity index (χ3n) is 1.72. The predicted octanol–water partition coefficient (Wildman–Crippen LogP) is 1.12. The van der Waals surface area contributed by atoms with Crippen LogP contribution in [-0.2, 0) is 0 Å². The lowest BCUT2D eigenvalue weighted by Gasteiger charge is -1.95. The van der Waals surface area contributed by atoms with Gasteiger partial charge in [-0.1, -0.05) is 0 Å². The zero-order valence-corrected chi connectivity index (χ0v) is 7.07. The second-order valence-electron chi connectivity index (χ2n) is 2.50. The zero-order chi connectivity index (χ0) is 9.26. The molecule has 0 amide bonds. The minimum atomic E-state index is 0.295. The fourth-order valence-electron chi connectivity index (χ4n) is 1.09. The molecule has 0 aliphatic carbocycles. The van der Waals surface area contributed by atoms with Gasteiger partial charge in [-0.15, -0.1) is 0 Å². The number of hydrazine groups is 1. The van der Waals surface area contributed by atoms with Gasteiger partial charge in [0.25, 0.3) is 0 Å². The first-order chi connectivity index (χ1) is 6.33. The number of hydrogen-bond donors (Lipinski definition) is 2. The topological polar surface area (TPSA) is 73.3 Å². The van der Waals surface area contributed by atoms with Crippen molar-refractivity contribution in [2.75, 3.05) is 12.5 Å². The zero-order valence-electron chi connectivity index (χ0n) is 7.07. The molecule has 68 valence electrons. The smallest absolute Gasteiger partial charge is 0.310 e. The van der Waals surface area contributed by atoms with Crippen LogP contribution in [0.5, 0.6) is 5.75 Å². The SMILES string of the molecule is COc1ccc2nc(NN)oc2c1. The summed E-state index contributed by atoms with van der Waals surface area (Å²) in [7, 11) is 1.60. The van der Waals surface area contributed by atoms with Gasteiger partial charge in [-0.05, 0) is 12.1 Å². The first kappa shape index (κ1) is 7.88. The molecule has 1 aromatic carbocycles. The maximum Gasteiger partial charge on any atom is 0.310 e. The van der Waals surface area contributed by atoms with Crippen LogP contribution >= 0.6 is 0 Å². The molecule has 0 aliphatic rings. The van der Waals surface area contributed by atoms with Gasteiger partial charge in [0.1, 0.15) is 11.3 Å². The lowest BCUT2D eigenvalue weighted by molar-refractivity contribution is 0.414. The molecule has 3 N–H and O–H groups in total. The summed E-state index contributed by atoms with van der Waals surface area (Å²) >= 11 is 0. The summed E-state index contributed by atoms with van der Waals surface area (Å²) in [6, 6.07) is 5.66. The summed E-state index contributed by atoms with van der Waals surface area (Å²) in [5.41, 5.74) is 3.73. The molecule has 0 bridgehead atoms. The molecule has 0 fully saturated rings. The Kier molecular flexibility index (Phi) is 1.79. The second kappa shape index (κ2) is 2.95. The van der Waals surface area contributed by atoms with Crippen molar-refractivity contribution in [1.82, 2.24) is 4.98 Å². The Labute approximate surface area is 74.5 Å². The van der Waals surface area contributed by atoms with Crippen LogP contribution in [0.4, 0.5) is 6.01 Å². The van der Waals surface area contributed by atoms with Gasteiger partial charge in [0.05, 0.1) is 7.11 Å². The molecule has 5 nitrogen and oxygen atoms in total. The van der Waals surface area contributed by atoms with Gasteiger partial charge in [0, 0.05) is 6.07 Å². The van der Waals surface area contributed by atoms with E-state index in [-0.39, 0.29) is 0 Å². The molecule has 0 aliphatic heterocycles. The normalized spacial score (nSPS) is 10.3. The van der Waals surface area contributed by atoms with Crippen LogP contribution in [-0.4, -0.2) is 12.1 Å². The largest absolute Gasteiger partial charge is 0.497 e. The molecular formula is C8H9N3O2. The summed E-state index contributed by atoms with van der Waals surface area (Å²) in [4.78, 5) is 4.05. The number of nitrogens with zero attached hydrogens (tertiary/aromatic N) is 1. The van der Waals surface area contributed by atoms with Crippen molar-refractivity contribution in [3.8, 4) is 5.75 Å². The van der Waals surface area contributed by atoms with E-state index >= 15 is 0 Å². The molecule has 0 spiro atoms. The third kappa shape index (κ3) is 1.29. The van der Waals surface area contributed by atoms with Crippen molar-refractivity contribution in [2.45, 2.75) is 0 Å². The molecule has 1 heterocycles. The van der Waals surface area contributed by atoms with Gasteiger partial charge < -0.3 is 9.15 Å². The summed E-state index contributed by atoms with van der Waals surface area (Å²) in [6.07, 6.45) is 0. The minimum Gasteiger partial charge on any atom is -0.497 e. The van der Waals surface area contributed by atoms with Crippen LogP contribution in [0.15, 0.2) is 22.6 Å². The molecule has 0 radical (unpaired) electrons. The Balaban J connectivity index is 2.57. The maximum atomic E-state index is 5.23. The van der Waals surface area contributed by atoms with E-state index in [0.717, 1.165) is 11.3 Å². The number of nitrogens with two attached hydrogens (primary N) is 1. The number of nitrogen functional groups attached to an aromatic ring is 1. The number of fused-ring (bicyclic) bond motifs is 1. The van der Waals surface area contributed by atoms with E-state index in [2.05, 4.69) is 10.4 Å². The van der Waals surface area contributed by atoms with Gasteiger partial charge in [-0.2, -0.15) is 4.98 Å². The standard InChI is InChI=1S/C8H9N3O2/c1-12-5-2-3-6-7(4-5)13-8(10-6)11-9/h2-4H,9H2,1H3,(H,10,11). The molecule has 0 saturated heterocycles. The number of nitrogens with one attached hydrogen (secondary N) is 1. The minimum absolute atomic E-state index is 0.295. The van der Waals surface area contributed by atoms with Crippen molar-refractivity contribution in [3.63, 3.8) is 0 Å². The average molecular weight is 179 g/mol. The monoisotopic (exact) mass is 179 g/mol. The van der Waals surface area contributed by atoms with E-state index in [9.17, 15) is 0 Å². The average Bonchev–Trinajstić information content (AvgIpc) is 2.58.